The van der Waals surface area contributed by atoms with Crippen molar-refractivity contribution in [2.75, 3.05) is 16.6 Å². The zero-order valence-electron chi connectivity index (χ0n) is 18.3. The number of nitrogens with zero attached hydrogens (tertiary/aromatic N) is 2. The van der Waals surface area contributed by atoms with Crippen LogP contribution in [-0.4, -0.2) is 29.6 Å². The van der Waals surface area contributed by atoms with Crippen molar-refractivity contribution in [3.8, 4) is 11.5 Å². The molecule has 2 amide bonds. The molecule has 7 heteroatoms. The van der Waals surface area contributed by atoms with Crippen molar-refractivity contribution in [2.24, 2.45) is 5.92 Å². The van der Waals surface area contributed by atoms with Gasteiger partial charge >= 0.3 is 0 Å². The highest BCUT2D eigenvalue weighted by atomic mass is 16.7. The van der Waals surface area contributed by atoms with Crippen molar-refractivity contribution in [1.29, 1.82) is 0 Å². The monoisotopic (exact) mass is 444 g/mol. The third-order valence-corrected chi connectivity index (χ3v) is 6.04. The van der Waals surface area contributed by atoms with Gasteiger partial charge in [-0.05, 0) is 55.8 Å². The van der Waals surface area contributed by atoms with Crippen LogP contribution in [0.2, 0.25) is 0 Å². The first-order valence-corrected chi connectivity index (χ1v) is 10.9. The number of hydrogen-bond donors (Lipinski definition) is 1. The predicted molar refractivity (Wildman–Crippen MR) is 123 cm³/mol. The van der Waals surface area contributed by atoms with Gasteiger partial charge in [-0.1, -0.05) is 42.0 Å². The van der Waals surface area contributed by atoms with E-state index in [0.717, 1.165) is 11.3 Å². The molecule has 3 aromatic carbocycles. The van der Waals surface area contributed by atoms with E-state index in [-0.39, 0.29) is 17.6 Å². The van der Waals surface area contributed by atoms with Gasteiger partial charge in [-0.2, -0.15) is 0 Å². The van der Waals surface area contributed by atoms with Crippen LogP contribution in [0.5, 0.6) is 11.5 Å². The fourth-order valence-electron chi connectivity index (χ4n) is 4.49. The minimum absolute atomic E-state index is 0.0115. The molecule has 0 aliphatic carbocycles. The molecule has 0 aromatic heterocycles. The molecule has 33 heavy (non-hydrogen) atoms. The highest BCUT2D eigenvalue weighted by Crippen LogP contribution is 2.48. The molecule has 0 spiro atoms. The summed E-state index contributed by atoms with van der Waals surface area (Å²) in [6.07, 6.45) is -0.951. The summed E-state index contributed by atoms with van der Waals surface area (Å²) in [7, 11) is 0. The van der Waals surface area contributed by atoms with Gasteiger partial charge in [-0.15, -0.1) is 0 Å². The fourth-order valence-corrected chi connectivity index (χ4v) is 4.49. The van der Waals surface area contributed by atoms with Crippen molar-refractivity contribution in [3.63, 3.8) is 0 Å². The lowest BCUT2D eigenvalue weighted by Gasteiger charge is -2.29. The van der Waals surface area contributed by atoms with Crippen molar-refractivity contribution in [2.45, 2.75) is 26.0 Å². The van der Waals surface area contributed by atoms with Crippen LogP contribution < -0.4 is 14.7 Å². The Morgan fingerprint density at radius 1 is 0.939 bits per heavy atom. The molecule has 2 fully saturated rings. The van der Waals surface area contributed by atoms with E-state index < -0.39 is 18.1 Å². The molecule has 0 saturated carbocycles. The SMILES string of the molecule is CCOc1cc([C@@H]2[C@@H]3C(=O)N(c4ccc(C)cc4)C(=O)[C@H]3ON2c2ccccc2)ccc1O. The van der Waals surface area contributed by atoms with E-state index in [1.54, 1.807) is 29.3 Å². The Kier molecular flexibility index (Phi) is 5.26. The Morgan fingerprint density at radius 2 is 1.67 bits per heavy atom. The Hall–Kier alpha value is -3.84. The molecule has 168 valence electrons. The minimum Gasteiger partial charge on any atom is -0.504 e. The van der Waals surface area contributed by atoms with E-state index in [4.69, 9.17) is 9.57 Å². The Bertz CT molecular complexity index is 1200. The fraction of sp³-hybridized carbons (Fsp3) is 0.231. The zero-order chi connectivity index (χ0) is 23.1. The number of aromatic hydroxyl groups is 1. The van der Waals surface area contributed by atoms with Crippen LogP contribution in [0.3, 0.4) is 0 Å². The van der Waals surface area contributed by atoms with Crippen molar-refractivity contribution < 1.29 is 24.3 Å². The van der Waals surface area contributed by atoms with Crippen molar-refractivity contribution in [3.05, 3.63) is 83.9 Å². The van der Waals surface area contributed by atoms with Gasteiger partial charge in [0.2, 0.25) is 5.91 Å². The summed E-state index contributed by atoms with van der Waals surface area (Å²) in [5.74, 6) is -1.13. The first kappa shape index (κ1) is 21.0. The molecule has 3 aromatic rings. The lowest BCUT2D eigenvalue weighted by molar-refractivity contribution is -0.126. The standard InChI is InChI=1S/C26H24N2O5/c1-3-32-21-15-17(11-14-20(21)29)23-22-24(33-28(23)19-7-5-4-6-8-19)26(31)27(25(22)30)18-12-9-16(2)10-13-18/h4-15,22-24,29H,3H2,1-2H3/t22-,23+,24-/m0/s1. The third-order valence-electron chi connectivity index (χ3n) is 6.04. The predicted octanol–water partition coefficient (Wildman–Crippen LogP) is 4.15. The molecule has 5 rings (SSSR count). The molecule has 0 bridgehead atoms. The number of phenols is 1. The van der Waals surface area contributed by atoms with Gasteiger partial charge in [0, 0.05) is 0 Å². The van der Waals surface area contributed by atoms with Crippen molar-refractivity contribution in [1.82, 2.24) is 0 Å². The van der Waals surface area contributed by atoms with Crippen LogP contribution in [0.1, 0.15) is 24.1 Å². The highest BCUT2D eigenvalue weighted by molar-refractivity contribution is 6.23. The minimum atomic E-state index is -0.951. The number of hydroxylamine groups is 1. The number of benzene rings is 3. The Morgan fingerprint density at radius 3 is 2.36 bits per heavy atom. The molecule has 1 N–H and O–H groups in total. The number of carbonyl (C=O) groups excluding carboxylic acids is 2. The van der Waals surface area contributed by atoms with Crippen LogP contribution in [0.4, 0.5) is 11.4 Å². The third kappa shape index (κ3) is 3.50. The normalized spacial score (nSPS) is 22.1. The number of ether oxygens (including phenoxy) is 1. The summed E-state index contributed by atoms with van der Waals surface area (Å²) in [5.41, 5.74) is 3.00. The van der Waals surface area contributed by atoms with Crippen LogP contribution in [0.25, 0.3) is 0 Å². The highest BCUT2D eigenvalue weighted by Gasteiger charge is 2.60. The molecule has 2 heterocycles. The second kappa shape index (κ2) is 8.26. The van der Waals surface area contributed by atoms with E-state index >= 15 is 0 Å². The molecule has 3 atom stereocenters. The molecule has 2 aliphatic rings. The van der Waals surface area contributed by atoms with E-state index in [9.17, 15) is 14.7 Å². The van der Waals surface area contributed by atoms with Gasteiger partial charge in [-0.3, -0.25) is 14.4 Å². The molecule has 0 radical (unpaired) electrons. The molecule has 2 saturated heterocycles. The zero-order valence-corrected chi connectivity index (χ0v) is 18.3. The first-order chi connectivity index (χ1) is 16.0. The lowest BCUT2D eigenvalue weighted by atomic mass is 9.90. The van der Waals surface area contributed by atoms with Gasteiger partial charge in [0.1, 0.15) is 5.92 Å². The van der Waals surface area contributed by atoms with Gasteiger partial charge in [0.05, 0.1) is 24.0 Å². The van der Waals surface area contributed by atoms with Gasteiger partial charge in [0.25, 0.3) is 5.91 Å². The number of anilines is 2. The molecule has 2 aliphatic heterocycles. The maximum Gasteiger partial charge on any atom is 0.266 e. The quantitative estimate of drug-likeness (QED) is 0.596. The van der Waals surface area contributed by atoms with Crippen LogP contribution in [0, 0.1) is 12.8 Å². The van der Waals surface area contributed by atoms with E-state index in [1.807, 2.05) is 56.3 Å². The second-order valence-corrected chi connectivity index (χ2v) is 8.17. The smallest absolute Gasteiger partial charge is 0.266 e. The molecular weight excluding hydrogens is 420 g/mol. The van der Waals surface area contributed by atoms with Crippen molar-refractivity contribution >= 4 is 23.2 Å². The van der Waals surface area contributed by atoms with Crippen LogP contribution in [-0.2, 0) is 14.4 Å². The number of phenolic OH excluding ortho intramolecular Hbond substituents is 1. The van der Waals surface area contributed by atoms with Crippen LogP contribution in [0.15, 0.2) is 72.8 Å². The maximum atomic E-state index is 13.6. The lowest BCUT2D eigenvalue weighted by Crippen LogP contribution is -2.37. The van der Waals surface area contributed by atoms with E-state index in [1.165, 1.54) is 11.0 Å². The van der Waals surface area contributed by atoms with E-state index in [0.29, 0.717) is 23.6 Å². The summed E-state index contributed by atoms with van der Waals surface area (Å²) >= 11 is 0. The average molecular weight is 444 g/mol. The summed E-state index contributed by atoms with van der Waals surface area (Å²) in [4.78, 5) is 34.3. The topological polar surface area (TPSA) is 79.3 Å². The number of amides is 2. The number of carbonyl (C=O) groups is 2. The van der Waals surface area contributed by atoms with Gasteiger partial charge < -0.3 is 9.84 Å². The molecule has 7 nitrogen and oxygen atoms in total. The summed E-state index contributed by atoms with van der Waals surface area (Å²) < 4.78 is 5.57. The van der Waals surface area contributed by atoms with Gasteiger partial charge in [-0.25, -0.2) is 9.96 Å². The molecular formula is C26H24N2O5. The number of para-hydroxylation sites is 1. The van der Waals surface area contributed by atoms with Crippen LogP contribution >= 0.6 is 0 Å². The Balaban J connectivity index is 1.59. The van der Waals surface area contributed by atoms with E-state index in [2.05, 4.69) is 0 Å². The number of hydrogen-bond acceptors (Lipinski definition) is 6. The maximum absolute atomic E-state index is 13.6. The number of imide groups is 1. The number of fused-ring (bicyclic) bond motifs is 1. The summed E-state index contributed by atoms with van der Waals surface area (Å²) in [6, 6.07) is 21.0. The summed E-state index contributed by atoms with van der Waals surface area (Å²) in [6.45, 7) is 4.16. The Labute approximate surface area is 191 Å². The largest absolute Gasteiger partial charge is 0.504 e. The van der Waals surface area contributed by atoms with Gasteiger partial charge in [0.15, 0.2) is 17.6 Å². The molecule has 0 unspecified atom stereocenters. The average Bonchev–Trinajstić information content (AvgIpc) is 3.33. The number of aryl methyl sites for hydroxylation is 1. The summed E-state index contributed by atoms with van der Waals surface area (Å²) in [5, 5.41) is 11.8. The first-order valence-electron chi connectivity index (χ1n) is 10.9. The second-order valence-electron chi connectivity index (χ2n) is 8.17. The number of rotatable bonds is 5.